The molecule has 1 aromatic heterocycles. The molecule has 0 atom stereocenters. The molecule has 0 saturated heterocycles. The molecule has 19 heavy (non-hydrogen) atoms. The molecule has 0 unspecified atom stereocenters. The van der Waals surface area contributed by atoms with E-state index in [4.69, 9.17) is 9.47 Å². The van der Waals surface area contributed by atoms with Gasteiger partial charge in [-0.1, -0.05) is 0 Å². The first-order chi connectivity index (χ1) is 9.15. The molecule has 3 nitrogen and oxygen atoms in total. The molecule has 0 aliphatic carbocycles. The first-order valence-corrected chi connectivity index (χ1v) is 6.58. The average molecular weight is 280 g/mol. The summed E-state index contributed by atoms with van der Waals surface area (Å²) >= 11 is 1.27. The summed E-state index contributed by atoms with van der Waals surface area (Å²) in [7, 11) is 1.42. The van der Waals surface area contributed by atoms with Gasteiger partial charge in [0.25, 0.3) is 0 Å². The second-order valence-electron chi connectivity index (χ2n) is 3.73. The van der Waals surface area contributed by atoms with Crippen molar-refractivity contribution in [3.63, 3.8) is 0 Å². The Balaban J connectivity index is 2.27. The van der Waals surface area contributed by atoms with Crippen LogP contribution in [0.2, 0.25) is 0 Å². The van der Waals surface area contributed by atoms with Crippen molar-refractivity contribution in [1.29, 1.82) is 0 Å². The molecule has 0 fully saturated rings. The number of rotatable bonds is 4. The highest BCUT2D eigenvalue weighted by Gasteiger charge is 2.12. The van der Waals surface area contributed by atoms with E-state index in [0.717, 1.165) is 4.88 Å². The third-order valence-corrected chi connectivity index (χ3v) is 3.63. The largest absolute Gasteiger partial charge is 0.494 e. The Morgan fingerprint density at radius 1 is 1.32 bits per heavy atom. The van der Waals surface area contributed by atoms with E-state index in [1.165, 1.54) is 24.5 Å². The average Bonchev–Trinajstić information content (AvgIpc) is 2.88. The van der Waals surface area contributed by atoms with Gasteiger partial charge in [0.15, 0.2) is 11.6 Å². The lowest BCUT2D eigenvalue weighted by atomic mass is 10.2. The molecular weight excluding hydrogens is 267 g/mol. The number of methoxy groups -OCH3 is 1. The molecule has 5 heteroatoms. The number of thiophene rings is 1. The number of benzene rings is 1. The molecular formula is C14H13FO3S. The minimum atomic E-state index is -0.425. The quantitative estimate of drug-likeness (QED) is 0.800. The van der Waals surface area contributed by atoms with Crippen molar-refractivity contribution in [2.75, 3.05) is 13.7 Å². The maximum absolute atomic E-state index is 13.6. The fourth-order valence-corrected chi connectivity index (χ4v) is 2.52. The Hall–Kier alpha value is -1.88. The van der Waals surface area contributed by atoms with Crippen LogP contribution in [0.3, 0.4) is 0 Å². The Kier molecular flexibility index (Phi) is 4.16. The molecule has 0 saturated carbocycles. The summed E-state index contributed by atoms with van der Waals surface area (Å²) in [6, 6.07) is 8.16. The highest BCUT2D eigenvalue weighted by Crippen LogP contribution is 2.31. The van der Waals surface area contributed by atoms with Crippen LogP contribution in [0, 0.1) is 5.82 Å². The van der Waals surface area contributed by atoms with E-state index in [0.29, 0.717) is 17.0 Å². The van der Waals surface area contributed by atoms with E-state index in [1.54, 1.807) is 31.2 Å². The van der Waals surface area contributed by atoms with Crippen molar-refractivity contribution < 1.29 is 18.7 Å². The van der Waals surface area contributed by atoms with Gasteiger partial charge in [0, 0.05) is 4.88 Å². The van der Waals surface area contributed by atoms with Crippen LogP contribution in [0.5, 0.6) is 5.75 Å². The summed E-state index contributed by atoms with van der Waals surface area (Å²) in [4.78, 5) is 12.9. The lowest BCUT2D eigenvalue weighted by Crippen LogP contribution is -2.01. The molecule has 1 aromatic carbocycles. The van der Waals surface area contributed by atoms with Crippen molar-refractivity contribution in [1.82, 2.24) is 0 Å². The summed E-state index contributed by atoms with van der Waals surface area (Å²) in [5, 5.41) is 0. The van der Waals surface area contributed by atoms with Crippen molar-refractivity contribution in [2.45, 2.75) is 6.92 Å². The van der Waals surface area contributed by atoms with Gasteiger partial charge in [-0.15, -0.1) is 11.3 Å². The van der Waals surface area contributed by atoms with Crippen LogP contribution >= 0.6 is 11.3 Å². The molecule has 1 heterocycles. The van der Waals surface area contributed by atoms with E-state index in [-0.39, 0.29) is 11.7 Å². The zero-order valence-electron chi connectivity index (χ0n) is 10.6. The smallest absolute Gasteiger partial charge is 0.348 e. The lowest BCUT2D eigenvalue weighted by Gasteiger charge is -2.03. The molecule has 0 aliphatic heterocycles. The van der Waals surface area contributed by atoms with Crippen molar-refractivity contribution in [2.24, 2.45) is 0 Å². The van der Waals surface area contributed by atoms with Gasteiger partial charge in [0.2, 0.25) is 0 Å². The number of esters is 1. The number of hydrogen-bond donors (Lipinski definition) is 0. The highest BCUT2D eigenvalue weighted by atomic mass is 32.1. The molecule has 0 amide bonds. The predicted octanol–water partition coefficient (Wildman–Crippen LogP) is 3.74. The van der Waals surface area contributed by atoms with E-state index in [1.807, 2.05) is 0 Å². The SMILES string of the molecule is CCOC(=O)c1ccc(-c2ccc(OC)c(F)c2)s1. The second-order valence-corrected chi connectivity index (χ2v) is 4.82. The molecule has 0 spiro atoms. The van der Waals surface area contributed by atoms with Crippen molar-refractivity contribution in [3.05, 3.63) is 41.0 Å². The van der Waals surface area contributed by atoms with Crippen LogP contribution in [0.1, 0.15) is 16.6 Å². The minimum absolute atomic E-state index is 0.200. The predicted molar refractivity (Wildman–Crippen MR) is 72.2 cm³/mol. The number of hydrogen-bond acceptors (Lipinski definition) is 4. The zero-order chi connectivity index (χ0) is 13.8. The van der Waals surface area contributed by atoms with Gasteiger partial charge in [-0.05, 0) is 42.8 Å². The molecule has 0 aliphatic rings. The van der Waals surface area contributed by atoms with Gasteiger partial charge in [-0.3, -0.25) is 0 Å². The van der Waals surface area contributed by atoms with Gasteiger partial charge in [-0.2, -0.15) is 0 Å². The fraction of sp³-hybridized carbons (Fsp3) is 0.214. The van der Waals surface area contributed by atoms with E-state index >= 15 is 0 Å². The molecule has 2 aromatic rings. The van der Waals surface area contributed by atoms with Crippen molar-refractivity contribution in [3.8, 4) is 16.2 Å². The highest BCUT2D eigenvalue weighted by molar-refractivity contribution is 7.17. The van der Waals surface area contributed by atoms with Crippen LogP contribution in [0.15, 0.2) is 30.3 Å². The van der Waals surface area contributed by atoms with Crippen LogP contribution in [-0.4, -0.2) is 19.7 Å². The Labute approximate surface area is 114 Å². The van der Waals surface area contributed by atoms with E-state index in [2.05, 4.69) is 0 Å². The molecule has 0 radical (unpaired) electrons. The van der Waals surface area contributed by atoms with Crippen LogP contribution < -0.4 is 4.74 Å². The standard InChI is InChI=1S/C14H13FO3S/c1-3-18-14(16)13-7-6-12(19-13)9-4-5-11(17-2)10(15)8-9/h4-8H,3H2,1-2H3. The number of ether oxygens (including phenoxy) is 2. The maximum Gasteiger partial charge on any atom is 0.348 e. The number of halogens is 1. The number of carbonyl (C=O) groups excluding carboxylic acids is 1. The Morgan fingerprint density at radius 3 is 2.74 bits per heavy atom. The van der Waals surface area contributed by atoms with E-state index < -0.39 is 5.82 Å². The van der Waals surface area contributed by atoms with Crippen LogP contribution in [0.25, 0.3) is 10.4 Å². The summed E-state index contributed by atoms with van der Waals surface area (Å²) in [6.07, 6.45) is 0. The Morgan fingerprint density at radius 2 is 2.11 bits per heavy atom. The zero-order valence-corrected chi connectivity index (χ0v) is 11.4. The molecule has 0 N–H and O–H groups in total. The molecule has 100 valence electrons. The van der Waals surface area contributed by atoms with Gasteiger partial charge >= 0.3 is 5.97 Å². The van der Waals surface area contributed by atoms with Gasteiger partial charge < -0.3 is 9.47 Å². The van der Waals surface area contributed by atoms with Gasteiger partial charge in [0.1, 0.15) is 4.88 Å². The van der Waals surface area contributed by atoms with Crippen molar-refractivity contribution >= 4 is 17.3 Å². The maximum atomic E-state index is 13.6. The first-order valence-electron chi connectivity index (χ1n) is 5.76. The van der Waals surface area contributed by atoms with Crippen LogP contribution in [-0.2, 0) is 4.74 Å². The van der Waals surface area contributed by atoms with Crippen LogP contribution in [0.4, 0.5) is 4.39 Å². The molecule has 0 bridgehead atoms. The fourth-order valence-electron chi connectivity index (χ4n) is 1.62. The minimum Gasteiger partial charge on any atom is -0.494 e. The first kappa shape index (κ1) is 13.5. The third kappa shape index (κ3) is 2.93. The summed E-state index contributed by atoms with van der Waals surface area (Å²) in [5.41, 5.74) is 0.707. The normalized spacial score (nSPS) is 10.3. The third-order valence-electron chi connectivity index (χ3n) is 2.52. The summed E-state index contributed by atoms with van der Waals surface area (Å²) in [5.74, 6) is -0.579. The lowest BCUT2D eigenvalue weighted by molar-refractivity contribution is 0.0532. The van der Waals surface area contributed by atoms with Gasteiger partial charge in [-0.25, -0.2) is 9.18 Å². The monoisotopic (exact) mass is 280 g/mol. The summed E-state index contributed by atoms with van der Waals surface area (Å²) < 4.78 is 23.4. The van der Waals surface area contributed by atoms with Gasteiger partial charge in [0.05, 0.1) is 13.7 Å². The second kappa shape index (κ2) is 5.84. The number of carbonyl (C=O) groups is 1. The Bertz CT molecular complexity index is 592. The van der Waals surface area contributed by atoms with E-state index in [9.17, 15) is 9.18 Å². The topological polar surface area (TPSA) is 35.5 Å². The summed E-state index contributed by atoms with van der Waals surface area (Å²) in [6.45, 7) is 2.09. The molecule has 2 rings (SSSR count).